The Bertz CT molecular complexity index is 1030. The molecule has 10 nitrogen and oxygen atoms in total. The van der Waals surface area contributed by atoms with Crippen LogP contribution in [0.2, 0.25) is 0 Å². The number of carboxylic acid groups (broad SMARTS) is 1. The maximum absolute atomic E-state index is 13.1. The molecule has 0 saturated heterocycles. The van der Waals surface area contributed by atoms with Crippen LogP contribution >= 0.6 is 0 Å². The van der Waals surface area contributed by atoms with Crippen molar-refractivity contribution >= 4 is 29.4 Å². The van der Waals surface area contributed by atoms with Gasteiger partial charge in [0.1, 0.15) is 0 Å². The molecule has 2 atom stereocenters. The number of esters is 1. The van der Waals surface area contributed by atoms with E-state index in [1.807, 2.05) is 0 Å². The molecule has 1 unspecified atom stereocenters. The number of aromatic nitrogens is 1. The third kappa shape index (κ3) is 12.8. The summed E-state index contributed by atoms with van der Waals surface area (Å²) >= 11 is 0. The maximum atomic E-state index is 13.1. The number of carbonyl (C=O) groups excluding carboxylic acids is 4. The van der Waals surface area contributed by atoms with Gasteiger partial charge in [-0.2, -0.15) is 0 Å². The van der Waals surface area contributed by atoms with Crippen LogP contribution in [0.3, 0.4) is 0 Å². The van der Waals surface area contributed by atoms with Gasteiger partial charge in [0.2, 0.25) is 5.91 Å². The number of ether oxygens (including phenoxy) is 1. The van der Waals surface area contributed by atoms with E-state index in [4.69, 9.17) is 9.84 Å². The third-order valence-electron chi connectivity index (χ3n) is 5.88. The molecule has 1 rings (SSSR count). The molecule has 1 aromatic heterocycles. The van der Waals surface area contributed by atoms with Crippen LogP contribution in [-0.2, 0) is 41.7 Å². The van der Waals surface area contributed by atoms with Gasteiger partial charge in [-0.15, -0.1) is 0 Å². The molecule has 2 N–H and O–H groups in total. The molecule has 1 heterocycles. The fraction of sp³-hybridized carbons (Fsp3) is 0.556. The lowest BCUT2D eigenvalue weighted by molar-refractivity contribution is -0.139. The first kappa shape index (κ1) is 31.5. The molecule has 0 aromatic carbocycles. The first-order chi connectivity index (χ1) is 17.6. The highest BCUT2D eigenvalue weighted by Gasteiger charge is 2.22. The van der Waals surface area contributed by atoms with Gasteiger partial charge in [-0.3, -0.25) is 24.0 Å². The van der Waals surface area contributed by atoms with Gasteiger partial charge in [-0.05, 0) is 38.2 Å². The van der Waals surface area contributed by atoms with Crippen LogP contribution in [0.25, 0.3) is 0 Å². The van der Waals surface area contributed by atoms with Crippen LogP contribution in [0.4, 0.5) is 0 Å². The molecule has 37 heavy (non-hydrogen) atoms. The number of nitrogens with one attached hydrogen (secondary N) is 1. The lowest BCUT2D eigenvalue weighted by atomic mass is 10.00. The van der Waals surface area contributed by atoms with Gasteiger partial charge in [0.15, 0.2) is 11.6 Å². The average Bonchev–Trinajstić information content (AvgIpc) is 2.85. The van der Waals surface area contributed by atoms with Crippen molar-refractivity contribution in [3.05, 3.63) is 46.4 Å². The smallest absolute Gasteiger partial charge is 0.330 e. The Labute approximate surface area is 217 Å². The Balaban J connectivity index is 2.92. The molecule has 0 spiro atoms. The van der Waals surface area contributed by atoms with Gasteiger partial charge < -0.3 is 19.7 Å². The molecule has 0 bridgehead atoms. The highest BCUT2D eigenvalue weighted by molar-refractivity contribution is 5.91. The molecular weight excluding hydrogens is 480 g/mol. The molecule has 0 fully saturated rings. The fourth-order valence-electron chi connectivity index (χ4n) is 3.47. The second-order valence-corrected chi connectivity index (χ2v) is 8.95. The first-order valence-corrected chi connectivity index (χ1v) is 12.6. The topological polar surface area (TPSA) is 149 Å². The van der Waals surface area contributed by atoms with Crippen molar-refractivity contribution in [3.8, 4) is 0 Å². The average molecular weight is 519 g/mol. The summed E-state index contributed by atoms with van der Waals surface area (Å²) in [6, 6.07) is 2.11. The van der Waals surface area contributed by atoms with E-state index >= 15 is 0 Å². The van der Waals surface area contributed by atoms with Gasteiger partial charge in [-0.1, -0.05) is 32.4 Å². The van der Waals surface area contributed by atoms with E-state index in [2.05, 4.69) is 19.2 Å². The highest BCUT2D eigenvalue weighted by Crippen LogP contribution is 2.10. The number of ketones is 2. The van der Waals surface area contributed by atoms with E-state index in [0.717, 1.165) is 12.8 Å². The number of pyridine rings is 1. The Kier molecular flexibility index (Phi) is 14.5. The minimum atomic E-state index is -1.14. The van der Waals surface area contributed by atoms with Crippen LogP contribution in [0.5, 0.6) is 0 Å². The van der Waals surface area contributed by atoms with Crippen molar-refractivity contribution in [2.24, 2.45) is 5.92 Å². The molecule has 0 aliphatic rings. The number of aliphatic carboxylic acids is 1. The van der Waals surface area contributed by atoms with Crippen molar-refractivity contribution < 1.29 is 33.8 Å². The SMILES string of the molecule is CCOC(=O)/C=C/CC[C@H](NC(=O)CCC(=O)O)C(=O)Cc1cccn(CC(=O)CCC(C)CC)c1=O. The predicted molar refractivity (Wildman–Crippen MR) is 137 cm³/mol. The number of amides is 1. The van der Waals surface area contributed by atoms with Gasteiger partial charge in [-0.25, -0.2) is 4.79 Å². The third-order valence-corrected chi connectivity index (χ3v) is 5.88. The molecular formula is C27H38N2O8. The first-order valence-electron chi connectivity index (χ1n) is 12.6. The lowest BCUT2D eigenvalue weighted by Crippen LogP contribution is -2.42. The van der Waals surface area contributed by atoms with Gasteiger partial charge in [0.25, 0.3) is 5.56 Å². The van der Waals surface area contributed by atoms with E-state index in [0.29, 0.717) is 12.3 Å². The summed E-state index contributed by atoms with van der Waals surface area (Å²) in [4.78, 5) is 72.7. The maximum Gasteiger partial charge on any atom is 0.330 e. The minimum absolute atomic E-state index is 0.0668. The quantitative estimate of drug-likeness (QED) is 0.222. The number of carbonyl (C=O) groups is 5. The lowest BCUT2D eigenvalue weighted by Gasteiger charge is -2.17. The highest BCUT2D eigenvalue weighted by atomic mass is 16.5. The number of nitrogens with zero attached hydrogens (tertiary/aromatic N) is 1. The van der Waals surface area contributed by atoms with Crippen molar-refractivity contribution in [1.82, 2.24) is 9.88 Å². The van der Waals surface area contributed by atoms with E-state index in [-0.39, 0.29) is 56.6 Å². The zero-order chi connectivity index (χ0) is 27.8. The van der Waals surface area contributed by atoms with Crippen molar-refractivity contribution in [2.45, 2.75) is 84.7 Å². The van der Waals surface area contributed by atoms with Crippen molar-refractivity contribution in [2.75, 3.05) is 6.61 Å². The van der Waals surface area contributed by atoms with Crippen LogP contribution in [0.15, 0.2) is 35.3 Å². The zero-order valence-electron chi connectivity index (χ0n) is 21.9. The monoisotopic (exact) mass is 518 g/mol. The number of hydrogen-bond acceptors (Lipinski definition) is 7. The summed E-state index contributed by atoms with van der Waals surface area (Å²) < 4.78 is 6.08. The predicted octanol–water partition coefficient (Wildman–Crippen LogP) is 2.60. The minimum Gasteiger partial charge on any atom is -0.481 e. The molecule has 0 radical (unpaired) electrons. The van der Waals surface area contributed by atoms with Crippen LogP contribution in [0.1, 0.15) is 71.3 Å². The Morgan fingerprint density at radius 3 is 2.49 bits per heavy atom. The molecule has 10 heteroatoms. The van der Waals surface area contributed by atoms with Gasteiger partial charge >= 0.3 is 11.9 Å². The zero-order valence-corrected chi connectivity index (χ0v) is 21.9. The number of carboxylic acids is 1. The van der Waals surface area contributed by atoms with Gasteiger partial charge in [0.05, 0.1) is 25.6 Å². The standard InChI is InChI=1S/C27H38N2O8/c1-4-19(3)12-13-21(30)18-29-16-8-9-20(27(29)36)17-23(31)22(28-24(32)14-15-25(33)34)10-6-7-11-26(35)37-5-2/h7-9,11,16,19,22H,4-6,10,12-15,17-18H2,1-3H3,(H,28,32)(H,33,34)/b11-7+/t19?,22-/m0/s1. The summed E-state index contributed by atoms with van der Waals surface area (Å²) in [6.45, 7) is 5.94. The number of allylic oxidation sites excluding steroid dienone is 1. The summed E-state index contributed by atoms with van der Waals surface area (Å²) in [5.74, 6) is -2.36. The van der Waals surface area contributed by atoms with E-state index in [1.54, 1.807) is 13.0 Å². The fourth-order valence-corrected chi connectivity index (χ4v) is 3.47. The van der Waals surface area contributed by atoms with Crippen LogP contribution in [0, 0.1) is 5.92 Å². The second kappa shape index (κ2) is 17.0. The number of hydrogen-bond donors (Lipinski definition) is 2. The summed E-state index contributed by atoms with van der Waals surface area (Å²) in [5.41, 5.74) is -0.264. The Hall–Kier alpha value is -3.56. The second-order valence-electron chi connectivity index (χ2n) is 8.95. The number of Topliss-reactive ketones (excluding diaryl/α,β-unsaturated/α-hetero) is 2. The van der Waals surface area contributed by atoms with Crippen LogP contribution < -0.4 is 10.9 Å². The summed E-state index contributed by atoms with van der Waals surface area (Å²) in [5, 5.41) is 11.3. The molecule has 0 aliphatic heterocycles. The normalized spacial score (nSPS) is 12.6. The van der Waals surface area contributed by atoms with E-state index in [9.17, 15) is 28.8 Å². The largest absolute Gasteiger partial charge is 0.481 e. The molecule has 1 aromatic rings. The summed E-state index contributed by atoms with van der Waals surface area (Å²) in [6.07, 6.45) is 5.78. The van der Waals surface area contributed by atoms with Crippen LogP contribution in [-0.4, -0.2) is 51.7 Å². The van der Waals surface area contributed by atoms with Gasteiger partial charge in [0, 0.05) is 37.1 Å². The summed E-state index contributed by atoms with van der Waals surface area (Å²) in [7, 11) is 0. The molecule has 0 saturated carbocycles. The number of rotatable bonds is 18. The molecule has 1 amide bonds. The Morgan fingerprint density at radius 2 is 1.84 bits per heavy atom. The van der Waals surface area contributed by atoms with E-state index in [1.165, 1.54) is 29.0 Å². The molecule has 204 valence electrons. The van der Waals surface area contributed by atoms with E-state index < -0.39 is 35.2 Å². The van der Waals surface area contributed by atoms with Crippen molar-refractivity contribution in [3.63, 3.8) is 0 Å². The molecule has 0 aliphatic carbocycles. The van der Waals surface area contributed by atoms with Crippen molar-refractivity contribution in [1.29, 1.82) is 0 Å². The Morgan fingerprint density at radius 1 is 1.11 bits per heavy atom.